The molecule has 22 heavy (non-hydrogen) atoms. The number of hydrogen-bond donors (Lipinski definition) is 2. The van der Waals surface area contributed by atoms with Gasteiger partial charge in [-0.3, -0.25) is 4.79 Å². The van der Waals surface area contributed by atoms with E-state index in [-0.39, 0.29) is 30.8 Å². The molecule has 0 radical (unpaired) electrons. The molecular weight excluding hydrogens is 282 g/mol. The predicted molar refractivity (Wildman–Crippen MR) is 84.7 cm³/mol. The summed E-state index contributed by atoms with van der Waals surface area (Å²) in [7, 11) is 1.41. The van der Waals surface area contributed by atoms with Crippen LogP contribution in [0.25, 0.3) is 0 Å². The highest BCUT2D eigenvalue weighted by Crippen LogP contribution is 2.27. The van der Waals surface area contributed by atoms with E-state index in [2.05, 4.69) is 19.2 Å². The molecule has 0 heterocycles. The van der Waals surface area contributed by atoms with Gasteiger partial charge in [0.05, 0.1) is 6.61 Å². The fourth-order valence-corrected chi connectivity index (χ4v) is 2.44. The van der Waals surface area contributed by atoms with E-state index in [1.54, 1.807) is 0 Å². The van der Waals surface area contributed by atoms with Crippen LogP contribution in [0.5, 0.6) is 0 Å². The van der Waals surface area contributed by atoms with Crippen LogP contribution in [0, 0.1) is 5.92 Å². The van der Waals surface area contributed by atoms with Gasteiger partial charge >= 0.3 is 5.97 Å². The second kappa shape index (κ2) is 7.94. The van der Waals surface area contributed by atoms with Crippen LogP contribution < -0.4 is 5.32 Å². The van der Waals surface area contributed by atoms with Crippen molar-refractivity contribution in [3.63, 3.8) is 0 Å². The molecule has 1 amide bonds. The standard InChI is InChI=1S/C17H25NO4/c1-12(2)14(13-8-6-5-7-9-13)10-15(19)18-17(3,11-22-4)16(20)21/h5-9,12,14H,10-11H2,1-4H3,(H,18,19)(H,20,21). The van der Waals surface area contributed by atoms with Gasteiger partial charge in [0.2, 0.25) is 5.91 Å². The molecular formula is C17H25NO4. The van der Waals surface area contributed by atoms with Gasteiger partial charge in [0.15, 0.2) is 5.54 Å². The molecule has 0 aliphatic heterocycles. The average Bonchev–Trinajstić information content (AvgIpc) is 2.45. The van der Waals surface area contributed by atoms with Crippen molar-refractivity contribution in [2.75, 3.05) is 13.7 Å². The second-order valence-electron chi connectivity index (χ2n) is 6.08. The lowest BCUT2D eigenvalue weighted by Gasteiger charge is -2.27. The van der Waals surface area contributed by atoms with Crippen molar-refractivity contribution in [1.29, 1.82) is 0 Å². The zero-order valence-electron chi connectivity index (χ0n) is 13.6. The molecule has 122 valence electrons. The van der Waals surface area contributed by atoms with Crippen molar-refractivity contribution in [2.24, 2.45) is 5.92 Å². The van der Waals surface area contributed by atoms with E-state index in [1.165, 1.54) is 14.0 Å². The van der Waals surface area contributed by atoms with Gasteiger partial charge < -0.3 is 15.2 Å². The van der Waals surface area contributed by atoms with E-state index in [1.807, 2.05) is 30.3 Å². The third kappa shape index (κ3) is 4.84. The zero-order chi connectivity index (χ0) is 16.8. The Morgan fingerprint density at radius 2 is 1.86 bits per heavy atom. The monoisotopic (exact) mass is 307 g/mol. The first-order valence-electron chi connectivity index (χ1n) is 7.38. The minimum Gasteiger partial charge on any atom is -0.479 e. The topological polar surface area (TPSA) is 75.6 Å². The van der Waals surface area contributed by atoms with Gasteiger partial charge in [0.25, 0.3) is 0 Å². The lowest BCUT2D eigenvalue weighted by atomic mass is 9.85. The quantitative estimate of drug-likeness (QED) is 0.773. The van der Waals surface area contributed by atoms with Crippen molar-refractivity contribution in [1.82, 2.24) is 5.32 Å². The maximum atomic E-state index is 12.3. The van der Waals surface area contributed by atoms with Gasteiger partial charge in [0, 0.05) is 13.5 Å². The highest BCUT2D eigenvalue weighted by atomic mass is 16.5. The molecule has 1 aromatic rings. The molecule has 2 unspecified atom stereocenters. The van der Waals surface area contributed by atoms with E-state index >= 15 is 0 Å². The van der Waals surface area contributed by atoms with E-state index in [0.29, 0.717) is 0 Å². The summed E-state index contributed by atoms with van der Waals surface area (Å²) in [5, 5.41) is 11.9. The Morgan fingerprint density at radius 1 is 1.27 bits per heavy atom. The van der Waals surface area contributed by atoms with Gasteiger partial charge in [-0.1, -0.05) is 44.2 Å². The van der Waals surface area contributed by atoms with Crippen LogP contribution in [0.15, 0.2) is 30.3 Å². The number of methoxy groups -OCH3 is 1. The van der Waals surface area contributed by atoms with Crippen molar-refractivity contribution in [3.8, 4) is 0 Å². The molecule has 2 atom stereocenters. The fourth-order valence-electron chi connectivity index (χ4n) is 2.44. The molecule has 2 N–H and O–H groups in total. The van der Waals surface area contributed by atoms with Crippen LogP contribution in [0.2, 0.25) is 0 Å². The Kier molecular flexibility index (Phi) is 6.56. The summed E-state index contributed by atoms with van der Waals surface area (Å²) in [5.74, 6) is -1.08. The second-order valence-corrected chi connectivity index (χ2v) is 6.08. The smallest absolute Gasteiger partial charge is 0.331 e. The zero-order valence-corrected chi connectivity index (χ0v) is 13.6. The first-order valence-corrected chi connectivity index (χ1v) is 7.38. The van der Waals surface area contributed by atoms with Gasteiger partial charge in [-0.2, -0.15) is 0 Å². The maximum Gasteiger partial charge on any atom is 0.331 e. The number of ether oxygens (including phenoxy) is 1. The molecule has 0 aliphatic carbocycles. The Bertz CT molecular complexity index is 501. The number of carbonyl (C=O) groups is 2. The summed E-state index contributed by atoms with van der Waals surface area (Å²) in [6.07, 6.45) is 0.244. The fraction of sp³-hybridized carbons (Fsp3) is 0.529. The number of nitrogens with one attached hydrogen (secondary N) is 1. The highest BCUT2D eigenvalue weighted by Gasteiger charge is 2.35. The summed E-state index contributed by atoms with van der Waals surface area (Å²) >= 11 is 0. The molecule has 0 fully saturated rings. The van der Waals surface area contributed by atoms with Gasteiger partial charge in [-0.15, -0.1) is 0 Å². The van der Waals surface area contributed by atoms with Crippen LogP contribution in [-0.2, 0) is 14.3 Å². The predicted octanol–water partition coefficient (Wildman–Crippen LogP) is 2.42. The Hall–Kier alpha value is -1.88. The molecule has 0 aliphatic rings. The number of carboxylic acids is 1. The van der Waals surface area contributed by atoms with Crippen LogP contribution in [-0.4, -0.2) is 36.2 Å². The Labute approximate surface area is 131 Å². The first-order chi connectivity index (χ1) is 10.3. The Balaban J connectivity index is 2.82. The van der Waals surface area contributed by atoms with Gasteiger partial charge in [-0.25, -0.2) is 4.79 Å². The maximum absolute atomic E-state index is 12.3. The molecule has 5 nitrogen and oxygen atoms in total. The third-order valence-electron chi connectivity index (χ3n) is 3.76. The normalized spacial score (nSPS) is 15.1. The van der Waals surface area contributed by atoms with Gasteiger partial charge in [-0.05, 0) is 24.3 Å². The number of aliphatic carboxylic acids is 1. The van der Waals surface area contributed by atoms with Crippen molar-refractivity contribution < 1.29 is 19.4 Å². The third-order valence-corrected chi connectivity index (χ3v) is 3.76. The summed E-state index contributed by atoms with van der Waals surface area (Å²) in [4.78, 5) is 23.6. The largest absolute Gasteiger partial charge is 0.479 e. The van der Waals surface area contributed by atoms with E-state index in [0.717, 1.165) is 5.56 Å². The summed E-state index contributed by atoms with van der Waals surface area (Å²) in [5.41, 5.74) is -0.333. The number of rotatable bonds is 8. The number of hydrogen-bond acceptors (Lipinski definition) is 3. The summed E-state index contributed by atoms with van der Waals surface area (Å²) in [6.45, 7) is 5.47. The van der Waals surface area contributed by atoms with Crippen LogP contribution in [0.4, 0.5) is 0 Å². The van der Waals surface area contributed by atoms with Gasteiger partial charge in [0.1, 0.15) is 0 Å². The molecule has 1 aromatic carbocycles. The molecule has 0 aromatic heterocycles. The number of amides is 1. The number of carboxylic acid groups (broad SMARTS) is 1. The molecule has 0 saturated carbocycles. The van der Waals surface area contributed by atoms with E-state index in [9.17, 15) is 14.7 Å². The van der Waals surface area contributed by atoms with Crippen molar-refractivity contribution >= 4 is 11.9 Å². The van der Waals surface area contributed by atoms with Crippen molar-refractivity contribution in [2.45, 2.75) is 38.6 Å². The average molecular weight is 307 g/mol. The molecule has 0 bridgehead atoms. The lowest BCUT2D eigenvalue weighted by molar-refractivity contribution is -0.149. The van der Waals surface area contributed by atoms with Crippen LogP contribution in [0.3, 0.4) is 0 Å². The summed E-state index contributed by atoms with van der Waals surface area (Å²) in [6, 6.07) is 9.79. The number of carbonyl (C=O) groups excluding carboxylic acids is 1. The minimum atomic E-state index is -1.41. The van der Waals surface area contributed by atoms with E-state index < -0.39 is 11.5 Å². The highest BCUT2D eigenvalue weighted by molar-refractivity contribution is 5.87. The van der Waals surface area contributed by atoms with Crippen molar-refractivity contribution in [3.05, 3.63) is 35.9 Å². The van der Waals surface area contributed by atoms with Crippen LogP contribution in [0.1, 0.15) is 38.7 Å². The van der Waals surface area contributed by atoms with Crippen LogP contribution >= 0.6 is 0 Å². The number of benzene rings is 1. The summed E-state index contributed by atoms with van der Waals surface area (Å²) < 4.78 is 4.91. The van der Waals surface area contributed by atoms with E-state index in [4.69, 9.17) is 4.74 Å². The molecule has 5 heteroatoms. The molecule has 1 rings (SSSR count). The molecule has 0 saturated heterocycles. The SMILES string of the molecule is COCC(C)(NC(=O)CC(c1ccccc1)C(C)C)C(=O)O. The lowest BCUT2D eigenvalue weighted by Crippen LogP contribution is -2.55. The Morgan fingerprint density at radius 3 is 2.32 bits per heavy atom. The minimum absolute atomic E-state index is 0.0433. The molecule has 0 spiro atoms. The first kappa shape index (κ1) is 18.2.